The number of imidazole rings is 1. The Hall–Kier alpha value is -1.36. The lowest BCUT2D eigenvalue weighted by Crippen LogP contribution is -2.05. The summed E-state index contributed by atoms with van der Waals surface area (Å²) in [5.41, 5.74) is 1.02. The molecule has 1 saturated carbocycles. The van der Waals surface area contributed by atoms with Crippen LogP contribution < -0.4 is 5.32 Å². The average Bonchev–Trinajstić information content (AvgIpc) is 2.82. The smallest absolute Gasteiger partial charge is 0.250 e. The van der Waals surface area contributed by atoms with Crippen molar-refractivity contribution in [2.45, 2.75) is 25.3 Å². The summed E-state index contributed by atoms with van der Waals surface area (Å²) in [4.78, 5) is 8.84. The number of hydrogen-bond donors (Lipinski definition) is 2. The van der Waals surface area contributed by atoms with Crippen molar-refractivity contribution in [2.75, 3.05) is 7.05 Å². The molecule has 0 unspecified atom stereocenters. The zero-order chi connectivity index (χ0) is 9.54. The van der Waals surface area contributed by atoms with Crippen molar-refractivity contribution >= 4 is 5.78 Å². The molecule has 0 radical (unpaired) electrons. The summed E-state index contributed by atoms with van der Waals surface area (Å²) in [7, 11) is 1.91. The predicted molar refractivity (Wildman–Crippen MR) is 52.1 cm³/mol. The molecule has 0 bridgehead atoms. The summed E-state index contributed by atoms with van der Waals surface area (Å²) in [6.45, 7) is 0.788. The molecule has 1 fully saturated rings. The second-order valence-corrected chi connectivity index (χ2v) is 3.82. The maximum absolute atomic E-state index is 4.45. The minimum absolute atomic E-state index is 0.657. The molecule has 0 aliphatic heterocycles. The van der Waals surface area contributed by atoms with Crippen LogP contribution in [0.5, 0.6) is 0 Å². The van der Waals surface area contributed by atoms with E-state index in [4.69, 9.17) is 0 Å². The van der Waals surface area contributed by atoms with Gasteiger partial charge in [-0.15, -0.1) is 0 Å². The Morgan fingerprint density at radius 1 is 1.57 bits per heavy atom. The molecule has 0 spiro atoms. The molecule has 1 aliphatic rings. The fraction of sp³-hybridized carbons (Fsp3) is 0.556. The molecule has 2 aromatic heterocycles. The van der Waals surface area contributed by atoms with Gasteiger partial charge in [-0.2, -0.15) is 4.98 Å². The standard InChI is InChI=1S/C9H13N5/c1-10-4-7-5-14-9(11-7)12-8(13-14)6-2-3-6/h5-6,10H,2-4H2,1H3,(H,11,12,13). The topological polar surface area (TPSA) is 58.0 Å². The number of nitrogens with one attached hydrogen (secondary N) is 2. The van der Waals surface area contributed by atoms with Gasteiger partial charge < -0.3 is 5.32 Å². The summed E-state index contributed by atoms with van der Waals surface area (Å²) < 4.78 is 1.90. The fourth-order valence-corrected chi connectivity index (χ4v) is 1.64. The van der Waals surface area contributed by atoms with Gasteiger partial charge in [-0.3, -0.25) is 5.10 Å². The molecule has 2 aromatic rings. The van der Waals surface area contributed by atoms with Crippen molar-refractivity contribution in [3.05, 3.63) is 17.7 Å². The number of nitrogens with zero attached hydrogens (tertiary/aromatic N) is 3. The molecule has 0 atom stereocenters. The van der Waals surface area contributed by atoms with Crippen LogP contribution in [0, 0.1) is 0 Å². The summed E-state index contributed by atoms with van der Waals surface area (Å²) in [6.07, 6.45) is 4.52. The zero-order valence-corrected chi connectivity index (χ0v) is 8.12. The van der Waals surface area contributed by atoms with Gasteiger partial charge in [0.25, 0.3) is 5.78 Å². The first-order chi connectivity index (χ1) is 6.86. The molecule has 0 saturated heterocycles. The van der Waals surface area contributed by atoms with Crippen molar-refractivity contribution < 1.29 is 0 Å². The predicted octanol–water partition coefficient (Wildman–Crippen LogP) is 0.654. The lowest BCUT2D eigenvalue weighted by atomic mass is 10.4. The Morgan fingerprint density at radius 2 is 2.43 bits per heavy atom. The van der Waals surface area contributed by atoms with Gasteiger partial charge in [-0.1, -0.05) is 0 Å². The SMILES string of the molecule is CNCc1cn2[nH]c(C3CC3)nc2n1. The van der Waals surface area contributed by atoms with Gasteiger partial charge in [0.15, 0.2) is 0 Å². The van der Waals surface area contributed by atoms with E-state index in [1.807, 2.05) is 17.8 Å². The second kappa shape index (κ2) is 2.81. The highest BCUT2D eigenvalue weighted by atomic mass is 15.3. The molecule has 3 rings (SSSR count). The highest BCUT2D eigenvalue weighted by molar-refractivity contribution is 5.30. The van der Waals surface area contributed by atoms with Crippen molar-refractivity contribution in [2.24, 2.45) is 0 Å². The van der Waals surface area contributed by atoms with E-state index in [9.17, 15) is 0 Å². The number of aromatic nitrogens is 4. The maximum atomic E-state index is 4.45. The van der Waals surface area contributed by atoms with Crippen molar-refractivity contribution in [1.82, 2.24) is 24.9 Å². The molecule has 0 amide bonds. The third kappa shape index (κ3) is 1.21. The van der Waals surface area contributed by atoms with Gasteiger partial charge >= 0.3 is 0 Å². The molecule has 1 aliphatic carbocycles. The summed E-state index contributed by atoms with van der Waals surface area (Å²) in [6, 6.07) is 0. The summed E-state index contributed by atoms with van der Waals surface area (Å²) in [5.74, 6) is 2.53. The Balaban J connectivity index is 1.97. The molecule has 14 heavy (non-hydrogen) atoms. The number of rotatable bonds is 3. The fourth-order valence-electron chi connectivity index (χ4n) is 1.64. The molecule has 0 aromatic carbocycles. The number of fused-ring (bicyclic) bond motifs is 1. The molecule has 2 N–H and O–H groups in total. The van der Waals surface area contributed by atoms with Crippen LogP contribution in [0.15, 0.2) is 6.20 Å². The molecule has 5 heteroatoms. The molecular formula is C9H13N5. The van der Waals surface area contributed by atoms with Gasteiger partial charge in [-0.05, 0) is 19.9 Å². The third-order valence-electron chi connectivity index (χ3n) is 2.51. The summed E-state index contributed by atoms with van der Waals surface area (Å²) >= 11 is 0. The Kier molecular flexibility index (Phi) is 1.61. The maximum Gasteiger partial charge on any atom is 0.250 e. The molecule has 5 nitrogen and oxygen atoms in total. The van der Waals surface area contributed by atoms with Crippen LogP contribution >= 0.6 is 0 Å². The second-order valence-electron chi connectivity index (χ2n) is 3.82. The Bertz CT molecular complexity index is 419. The van der Waals surface area contributed by atoms with E-state index in [-0.39, 0.29) is 0 Å². The van der Waals surface area contributed by atoms with Crippen molar-refractivity contribution in [3.63, 3.8) is 0 Å². The van der Waals surface area contributed by atoms with Gasteiger partial charge in [0.1, 0.15) is 5.82 Å². The quantitative estimate of drug-likeness (QED) is 0.749. The van der Waals surface area contributed by atoms with Gasteiger partial charge in [0, 0.05) is 12.5 Å². The van der Waals surface area contributed by atoms with E-state index in [1.54, 1.807) is 0 Å². The number of H-pyrrole nitrogens is 1. The number of aromatic amines is 1. The molecular weight excluding hydrogens is 178 g/mol. The lowest BCUT2D eigenvalue weighted by Gasteiger charge is -1.90. The highest BCUT2D eigenvalue weighted by Crippen LogP contribution is 2.38. The normalized spacial score (nSPS) is 16.6. The van der Waals surface area contributed by atoms with Crippen molar-refractivity contribution in [1.29, 1.82) is 0 Å². The summed E-state index contributed by atoms with van der Waals surface area (Å²) in [5, 5.41) is 6.32. The minimum atomic E-state index is 0.657. The molecule has 74 valence electrons. The Labute approximate surface area is 81.5 Å². The van der Waals surface area contributed by atoms with E-state index in [0.29, 0.717) is 5.92 Å². The van der Waals surface area contributed by atoms with E-state index in [1.165, 1.54) is 12.8 Å². The van der Waals surface area contributed by atoms with Crippen LogP contribution in [0.2, 0.25) is 0 Å². The van der Waals surface area contributed by atoms with Gasteiger partial charge in [-0.25, -0.2) is 9.50 Å². The highest BCUT2D eigenvalue weighted by Gasteiger charge is 2.27. The monoisotopic (exact) mass is 191 g/mol. The molecule has 2 heterocycles. The third-order valence-corrected chi connectivity index (χ3v) is 2.51. The van der Waals surface area contributed by atoms with Gasteiger partial charge in [0.05, 0.1) is 11.9 Å². The van der Waals surface area contributed by atoms with Crippen LogP contribution in [-0.2, 0) is 6.54 Å². The first kappa shape index (κ1) is 7.99. The first-order valence-electron chi connectivity index (χ1n) is 4.95. The average molecular weight is 191 g/mol. The lowest BCUT2D eigenvalue weighted by molar-refractivity contribution is 0.791. The van der Waals surface area contributed by atoms with Crippen LogP contribution in [0.3, 0.4) is 0 Å². The van der Waals surface area contributed by atoms with Crippen LogP contribution in [-0.4, -0.2) is 26.6 Å². The van der Waals surface area contributed by atoms with Gasteiger partial charge in [0.2, 0.25) is 0 Å². The first-order valence-corrected chi connectivity index (χ1v) is 4.95. The van der Waals surface area contributed by atoms with Crippen LogP contribution in [0.25, 0.3) is 5.78 Å². The minimum Gasteiger partial charge on any atom is -0.314 e. The number of hydrogen-bond acceptors (Lipinski definition) is 3. The zero-order valence-electron chi connectivity index (χ0n) is 8.12. The largest absolute Gasteiger partial charge is 0.314 e. The van der Waals surface area contributed by atoms with E-state index in [0.717, 1.165) is 23.8 Å². The Morgan fingerprint density at radius 3 is 3.07 bits per heavy atom. The van der Waals surface area contributed by atoms with E-state index >= 15 is 0 Å². The van der Waals surface area contributed by atoms with Crippen LogP contribution in [0.1, 0.15) is 30.3 Å². The van der Waals surface area contributed by atoms with E-state index < -0.39 is 0 Å². The van der Waals surface area contributed by atoms with Crippen LogP contribution in [0.4, 0.5) is 0 Å². The van der Waals surface area contributed by atoms with Crippen molar-refractivity contribution in [3.8, 4) is 0 Å². The van der Waals surface area contributed by atoms with E-state index in [2.05, 4.69) is 20.4 Å².